The van der Waals surface area contributed by atoms with Gasteiger partial charge in [-0.1, -0.05) is 38.3 Å². The average Bonchev–Trinajstić information content (AvgIpc) is 2.24. The minimum absolute atomic E-state index is 0.421. The van der Waals surface area contributed by atoms with Crippen LogP contribution in [0.25, 0.3) is 0 Å². The second-order valence-corrected chi connectivity index (χ2v) is 5.28. The monoisotopic (exact) mass is 253 g/mol. The summed E-state index contributed by atoms with van der Waals surface area (Å²) in [6.45, 7) is 7.73. The summed E-state index contributed by atoms with van der Waals surface area (Å²) in [7, 11) is 0. The molecule has 0 bridgehead atoms. The van der Waals surface area contributed by atoms with E-state index in [1.807, 2.05) is 32.9 Å². The van der Waals surface area contributed by atoms with Gasteiger partial charge in [0, 0.05) is 6.20 Å². The highest BCUT2D eigenvalue weighted by atomic mass is 16.6. The van der Waals surface area contributed by atoms with Gasteiger partial charge in [0.15, 0.2) is 0 Å². The van der Waals surface area contributed by atoms with Gasteiger partial charge in [0.2, 0.25) is 0 Å². The zero-order chi connectivity index (χ0) is 13.9. The third kappa shape index (κ3) is 12.8. The fourth-order valence-corrected chi connectivity index (χ4v) is 1.34. The molecule has 104 valence electrons. The molecule has 3 nitrogen and oxygen atoms in total. The average molecular weight is 253 g/mol. The molecule has 0 aromatic carbocycles. The SMILES string of the molecule is CCCCCC/C=C/C=C/NC(=O)OC(C)(C)C. The summed E-state index contributed by atoms with van der Waals surface area (Å²) >= 11 is 0. The van der Waals surface area contributed by atoms with Gasteiger partial charge in [-0.15, -0.1) is 0 Å². The van der Waals surface area contributed by atoms with E-state index >= 15 is 0 Å². The Morgan fingerprint density at radius 2 is 1.89 bits per heavy atom. The van der Waals surface area contributed by atoms with E-state index in [-0.39, 0.29) is 0 Å². The third-order valence-corrected chi connectivity index (χ3v) is 2.17. The van der Waals surface area contributed by atoms with Crippen LogP contribution in [0.4, 0.5) is 4.79 Å². The van der Waals surface area contributed by atoms with E-state index < -0.39 is 11.7 Å². The van der Waals surface area contributed by atoms with Gasteiger partial charge in [-0.2, -0.15) is 0 Å². The molecule has 0 aliphatic rings. The third-order valence-electron chi connectivity index (χ3n) is 2.17. The summed E-state index contributed by atoms with van der Waals surface area (Å²) in [5.41, 5.74) is -0.451. The Morgan fingerprint density at radius 3 is 2.50 bits per heavy atom. The number of alkyl carbamates (subject to hydrolysis) is 1. The Kier molecular flexibility index (Phi) is 9.07. The highest BCUT2D eigenvalue weighted by Gasteiger charge is 2.14. The molecular formula is C15H27NO2. The molecular weight excluding hydrogens is 226 g/mol. The van der Waals surface area contributed by atoms with Crippen LogP contribution >= 0.6 is 0 Å². The summed E-state index contributed by atoms with van der Waals surface area (Å²) in [4.78, 5) is 11.3. The van der Waals surface area contributed by atoms with Crippen LogP contribution < -0.4 is 5.32 Å². The molecule has 0 unspecified atom stereocenters. The van der Waals surface area contributed by atoms with Crippen LogP contribution in [-0.4, -0.2) is 11.7 Å². The molecule has 0 aliphatic heterocycles. The fourth-order valence-electron chi connectivity index (χ4n) is 1.34. The summed E-state index contributed by atoms with van der Waals surface area (Å²) in [6, 6.07) is 0. The number of nitrogens with one attached hydrogen (secondary N) is 1. The normalized spacial score (nSPS) is 12.2. The van der Waals surface area contributed by atoms with Gasteiger partial charge < -0.3 is 4.74 Å². The van der Waals surface area contributed by atoms with Crippen molar-refractivity contribution in [3.05, 3.63) is 24.4 Å². The van der Waals surface area contributed by atoms with Gasteiger partial charge in [0.1, 0.15) is 5.60 Å². The first kappa shape index (κ1) is 16.8. The maximum atomic E-state index is 11.3. The first-order valence-electron chi connectivity index (χ1n) is 6.77. The predicted octanol–water partition coefficient (Wildman–Crippen LogP) is 4.55. The molecule has 0 aliphatic carbocycles. The van der Waals surface area contributed by atoms with E-state index in [9.17, 15) is 4.79 Å². The van der Waals surface area contributed by atoms with E-state index in [0.29, 0.717) is 0 Å². The minimum Gasteiger partial charge on any atom is -0.444 e. The molecule has 0 saturated heterocycles. The lowest BCUT2D eigenvalue weighted by Gasteiger charge is -2.18. The number of allylic oxidation sites excluding steroid dienone is 3. The Hall–Kier alpha value is -1.25. The standard InChI is InChI=1S/C15H27NO2/c1-5-6-7-8-9-10-11-12-13-16-14(17)18-15(2,3)4/h10-13H,5-9H2,1-4H3,(H,16,17)/b11-10+,13-12+. The van der Waals surface area contributed by atoms with Gasteiger partial charge in [-0.3, -0.25) is 5.32 Å². The summed E-state index contributed by atoms with van der Waals surface area (Å²) < 4.78 is 5.08. The number of rotatable bonds is 7. The lowest BCUT2D eigenvalue weighted by Crippen LogP contribution is -2.29. The highest BCUT2D eigenvalue weighted by Crippen LogP contribution is 2.06. The molecule has 0 aromatic rings. The van der Waals surface area contributed by atoms with Crippen LogP contribution in [0, 0.1) is 0 Å². The second kappa shape index (κ2) is 9.75. The molecule has 18 heavy (non-hydrogen) atoms. The molecule has 3 heteroatoms. The molecule has 0 radical (unpaired) electrons. The van der Waals surface area contributed by atoms with Crippen molar-refractivity contribution in [2.24, 2.45) is 0 Å². The number of unbranched alkanes of at least 4 members (excludes halogenated alkanes) is 4. The molecule has 0 spiro atoms. The number of hydrogen-bond acceptors (Lipinski definition) is 2. The lowest BCUT2D eigenvalue weighted by atomic mass is 10.1. The van der Waals surface area contributed by atoms with E-state index in [0.717, 1.165) is 6.42 Å². The summed E-state index contributed by atoms with van der Waals surface area (Å²) in [6.07, 6.45) is 13.2. The van der Waals surface area contributed by atoms with Crippen LogP contribution in [0.5, 0.6) is 0 Å². The number of hydrogen-bond donors (Lipinski definition) is 1. The van der Waals surface area contributed by atoms with Crippen LogP contribution in [-0.2, 0) is 4.74 Å². The first-order chi connectivity index (χ1) is 8.45. The van der Waals surface area contributed by atoms with Crippen LogP contribution in [0.3, 0.4) is 0 Å². The van der Waals surface area contributed by atoms with Crippen molar-refractivity contribution in [1.29, 1.82) is 0 Å². The number of amides is 1. The Balaban J connectivity index is 3.58. The number of carbonyl (C=O) groups excluding carboxylic acids is 1. The van der Waals surface area contributed by atoms with Crippen molar-refractivity contribution < 1.29 is 9.53 Å². The predicted molar refractivity (Wildman–Crippen MR) is 76.4 cm³/mol. The molecule has 1 amide bonds. The molecule has 0 fully saturated rings. The first-order valence-corrected chi connectivity index (χ1v) is 6.77. The molecule has 1 N–H and O–H groups in total. The van der Waals surface area contributed by atoms with Crippen LogP contribution in [0.15, 0.2) is 24.4 Å². The lowest BCUT2D eigenvalue weighted by molar-refractivity contribution is 0.0552. The zero-order valence-electron chi connectivity index (χ0n) is 12.2. The van der Waals surface area contributed by atoms with E-state index in [4.69, 9.17) is 4.74 Å². The van der Waals surface area contributed by atoms with Crippen molar-refractivity contribution in [1.82, 2.24) is 5.32 Å². The minimum atomic E-state index is -0.451. The van der Waals surface area contributed by atoms with Crippen molar-refractivity contribution >= 4 is 6.09 Å². The Labute approximate surface area is 111 Å². The van der Waals surface area contributed by atoms with Crippen molar-refractivity contribution in [2.45, 2.75) is 65.4 Å². The van der Waals surface area contributed by atoms with Gasteiger partial charge >= 0.3 is 6.09 Å². The van der Waals surface area contributed by atoms with E-state index in [1.165, 1.54) is 25.7 Å². The number of ether oxygens (including phenoxy) is 1. The van der Waals surface area contributed by atoms with Gasteiger partial charge in [0.05, 0.1) is 0 Å². The number of carbonyl (C=O) groups is 1. The molecule has 0 saturated carbocycles. The van der Waals surface area contributed by atoms with Gasteiger partial charge in [-0.05, 0) is 39.7 Å². The van der Waals surface area contributed by atoms with Crippen LogP contribution in [0.2, 0.25) is 0 Å². The van der Waals surface area contributed by atoms with Crippen molar-refractivity contribution in [3.8, 4) is 0 Å². The smallest absolute Gasteiger partial charge is 0.411 e. The highest BCUT2D eigenvalue weighted by molar-refractivity contribution is 5.68. The molecule has 0 aromatic heterocycles. The van der Waals surface area contributed by atoms with Crippen molar-refractivity contribution in [3.63, 3.8) is 0 Å². The largest absolute Gasteiger partial charge is 0.444 e. The quantitative estimate of drug-likeness (QED) is 0.534. The Bertz CT molecular complexity index is 275. The fraction of sp³-hybridized carbons (Fsp3) is 0.667. The molecule has 0 heterocycles. The molecule has 0 rings (SSSR count). The summed E-state index contributed by atoms with van der Waals surface area (Å²) in [5.74, 6) is 0. The molecule has 0 atom stereocenters. The van der Waals surface area contributed by atoms with Crippen molar-refractivity contribution in [2.75, 3.05) is 0 Å². The van der Waals surface area contributed by atoms with E-state index in [1.54, 1.807) is 6.20 Å². The maximum absolute atomic E-state index is 11.3. The van der Waals surface area contributed by atoms with E-state index in [2.05, 4.69) is 18.3 Å². The zero-order valence-corrected chi connectivity index (χ0v) is 12.2. The maximum Gasteiger partial charge on any atom is 0.411 e. The topological polar surface area (TPSA) is 38.3 Å². The van der Waals surface area contributed by atoms with Gasteiger partial charge in [0.25, 0.3) is 0 Å². The Morgan fingerprint density at radius 1 is 1.17 bits per heavy atom. The van der Waals surface area contributed by atoms with Crippen LogP contribution in [0.1, 0.15) is 59.8 Å². The second-order valence-electron chi connectivity index (χ2n) is 5.28. The van der Waals surface area contributed by atoms with Gasteiger partial charge in [-0.25, -0.2) is 4.79 Å². The summed E-state index contributed by atoms with van der Waals surface area (Å²) in [5, 5.41) is 2.56.